The molecule has 4 fully saturated rings. The smallest absolute Gasteiger partial charge is 0.344 e. The molecule has 8 nitrogen and oxygen atoms in total. The first-order chi connectivity index (χ1) is 14.5. The third kappa shape index (κ3) is 3.55. The van der Waals surface area contributed by atoms with Crippen LogP contribution in [0.2, 0.25) is 0 Å². The summed E-state index contributed by atoms with van der Waals surface area (Å²) in [7, 11) is 0. The van der Waals surface area contributed by atoms with E-state index < -0.39 is 11.6 Å². The van der Waals surface area contributed by atoms with Gasteiger partial charge in [0.1, 0.15) is 12.8 Å². The maximum absolute atomic E-state index is 13.2. The van der Waals surface area contributed by atoms with Crippen molar-refractivity contribution in [2.45, 2.75) is 37.4 Å². The highest BCUT2D eigenvalue weighted by atomic mass is 32.1. The van der Waals surface area contributed by atoms with Crippen LogP contribution in [-0.4, -0.2) is 58.9 Å². The molecule has 3 aliphatic heterocycles. The number of rotatable bonds is 7. The molecule has 1 amide bonds. The summed E-state index contributed by atoms with van der Waals surface area (Å²) in [6.07, 6.45) is 4.63. The number of aromatic nitrogens is 1. The summed E-state index contributed by atoms with van der Waals surface area (Å²) in [5.41, 5.74) is -1.55. The molecule has 5 heterocycles. The lowest BCUT2D eigenvalue weighted by Crippen LogP contribution is -2.66. The molecule has 30 heavy (non-hydrogen) atoms. The number of carbonyl (C=O) groups excluding carboxylic acids is 2. The Morgan fingerprint density at radius 3 is 2.73 bits per heavy atom. The number of carbonyl (C=O) groups is 2. The maximum atomic E-state index is 13.2. The lowest BCUT2D eigenvalue weighted by molar-refractivity contribution is -0.939. The Kier molecular flexibility index (Phi) is 4.91. The van der Waals surface area contributed by atoms with Gasteiger partial charge in [-0.1, -0.05) is 11.2 Å². The predicted octanol–water partition coefficient (Wildman–Crippen LogP) is 2.12. The van der Waals surface area contributed by atoms with Crippen molar-refractivity contribution < 1.29 is 28.4 Å². The highest BCUT2D eigenvalue weighted by molar-refractivity contribution is 7.10. The number of piperidine rings is 3. The highest BCUT2D eigenvalue weighted by Crippen LogP contribution is 2.48. The van der Waals surface area contributed by atoms with Gasteiger partial charge in [-0.25, -0.2) is 4.79 Å². The fourth-order valence-corrected chi connectivity index (χ4v) is 5.92. The van der Waals surface area contributed by atoms with Crippen molar-refractivity contribution >= 4 is 29.0 Å². The number of fused-ring (bicyclic) bond motifs is 3. The van der Waals surface area contributed by atoms with Crippen molar-refractivity contribution in [3.63, 3.8) is 0 Å². The summed E-state index contributed by atoms with van der Waals surface area (Å²) >= 11 is 1.39. The molecular formula is C21H26N3O5S+. The zero-order chi connectivity index (χ0) is 20.8. The van der Waals surface area contributed by atoms with Gasteiger partial charge in [-0.2, -0.15) is 0 Å². The summed E-state index contributed by atoms with van der Waals surface area (Å²) in [4.78, 5) is 26.4. The van der Waals surface area contributed by atoms with Gasteiger partial charge < -0.3 is 24.2 Å². The zero-order valence-electron chi connectivity index (χ0n) is 16.7. The number of nitrogens with zero attached hydrogens (tertiary/aromatic N) is 2. The molecule has 2 aromatic heterocycles. The van der Waals surface area contributed by atoms with Gasteiger partial charge in [0.15, 0.2) is 24.1 Å². The van der Waals surface area contributed by atoms with E-state index in [1.54, 1.807) is 6.07 Å². The lowest BCUT2D eigenvalue weighted by Gasteiger charge is -2.51. The van der Waals surface area contributed by atoms with E-state index in [4.69, 9.17) is 9.26 Å². The molecular weight excluding hydrogens is 406 g/mol. The molecule has 1 saturated carbocycles. The van der Waals surface area contributed by atoms with Gasteiger partial charge >= 0.3 is 5.97 Å². The Labute approximate surface area is 178 Å². The van der Waals surface area contributed by atoms with Gasteiger partial charge in [-0.15, -0.1) is 11.3 Å². The molecule has 2 bridgehead atoms. The molecule has 1 aliphatic carbocycles. The molecule has 1 unspecified atom stereocenters. The van der Waals surface area contributed by atoms with Crippen LogP contribution in [0.5, 0.6) is 0 Å². The Bertz CT molecular complexity index is 903. The van der Waals surface area contributed by atoms with Crippen LogP contribution in [0.1, 0.15) is 30.6 Å². The number of nitrogens with one attached hydrogen (secondary N) is 1. The monoisotopic (exact) mass is 432 g/mol. The van der Waals surface area contributed by atoms with Crippen molar-refractivity contribution in [3.05, 3.63) is 34.7 Å². The molecule has 2 aromatic rings. The predicted molar refractivity (Wildman–Crippen MR) is 108 cm³/mol. The van der Waals surface area contributed by atoms with Crippen molar-refractivity contribution in [2.24, 2.45) is 11.8 Å². The zero-order valence-corrected chi connectivity index (χ0v) is 17.5. The first-order valence-corrected chi connectivity index (χ1v) is 11.4. The second kappa shape index (κ2) is 7.47. The van der Waals surface area contributed by atoms with Crippen LogP contribution >= 0.6 is 11.3 Å². The molecule has 2 atom stereocenters. The summed E-state index contributed by atoms with van der Waals surface area (Å²) < 4.78 is 11.3. The molecule has 0 aromatic carbocycles. The summed E-state index contributed by atoms with van der Waals surface area (Å²) in [5.74, 6) is -0.0298. The minimum Gasteiger partial charge on any atom is -0.454 e. The fraction of sp³-hybridized carbons (Fsp3) is 0.571. The Morgan fingerprint density at radius 1 is 1.30 bits per heavy atom. The number of anilines is 1. The highest BCUT2D eigenvalue weighted by Gasteiger charge is 2.55. The molecule has 4 aliphatic rings. The van der Waals surface area contributed by atoms with E-state index in [2.05, 4.69) is 10.5 Å². The van der Waals surface area contributed by atoms with Gasteiger partial charge in [-0.3, -0.25) is 4.79 Å². The van der Waals surface area contributed by atoms with Gasteiger partial charge in [0, 0.05) is 35.6 Å². The van der Waals surface area contributed by atoms with Crippen molar-refractivity contribution in [1.29, 1.82) is 0 Å². The van der Waals surface area contributed by atoms with Crippen LogP contribution < -0.4 is 5.32 Å². The Hall–Kier alpha value is -2.23. The number of quaternary nitrogens is 1. The Balaban J connectivity index is 1.27. The van der Waals surface area contributed by atoms with Gasteiger partial charge in [-0.05, 0) is 24.3 Å². The Morgan fingerprint density at radius 2 is 2.10 bits per heavy atom. The quantitative estimate of drug-likeness (QED) is 0.513. The number of hydrogen-bond donors (Lipinski definition) is 2. The summed E-state index contributed by atoms with van der Waals surface area (Å²) in [5, 5.41) is 19.6. The van der Waals surface area contributed by atoms with Gasteiger partial charge in [0.2, 0.25) is 0 Å². The minimum atomic E-state index is -1.55. The van der Waals surface area contributed by atoms with E-state index >= 15 is 0 Å². The standard InChI is InChI=1S/C21H25N3O5S/c25-19(22-18-7-10-28-23-18)13-24-8-5-14(6-9-24)16(12-24)29-20(26)21(27,15-3-4-15)17-2-1-11-30-17/h1-2,7,10-11,14-16,27H,3-6,8-9,12-13H2/p+1/t14?,16-,21?,24?/m0/s1. The first-order valence-electron chi connectivity index (χ1n) is 10.5. The number of amides is 1. The van der Waals surface area contributed by atoms with Crippen molar-refractivity contribution in [3.8, 4) is 0 Å². The van der Waals surface area contributed by atoms with E-state index in [1.807, 2.05) is 17.5 Å². The molecule has 9 heteroatoms. The van der Waals surface area contributed by atoms with E-state index in [0.717, 1.165) is 38.8 Å². The van der Waals surface area contributed by atoms with Gasteiger partial charge in [0.25, 0.3) is 5.91 Å². The molecule has 0 radical (unpaired) electrons. The molecule has 0 spiro atoms. The number of thiophene rings is 1. The molecule has 3 saturated heterocycles. The van der Waals surface area contributed by atoms with Crippen LogP contribution in [0.25, 0.3) is 0 Å². The van der Waals surface area contributed by atoms with E-state index in [-0.39, 0.29) is 17.9 Å². The second-order valence-corrected chi connectivity index (χ2v) is 9.81. The van der Waals surface area contributed by atoms with Crippen molar-refractivity contribution in [2.75, 3.05) is 31.5 Å². The van der Waals surface area contributed by atoms with Crippen molar-refractivity contribution in [1.82, 2.24) is 5.16 Å². The van der Waals surface area contributed by atoms with Crippen LogP contribution in [0.15, 0.2) is 34.4 Å². The third-order valence-corrected chi connectivity index (χ3v) is 7.85. The minimum absolute atomic E-state index is 0.0684. The average molecular weight is 433 g/mol. The topological polar surface area (TPSA) is 102 Å². The number of aliphatic hydroxyl groups is 1. The fourth-order valence-electron chi connectivity index (χ4n) is 5.03. The number of hydrogen-bond acceptors (Lipinski definition) is 7. The summed E-state index contributed by atoms with van der Waals surface area (Å²) in [6, 6.07) is 5.26. The van der Waals surface area contributed by atoms with E-state index in [0.29, 0.717) is 34.2 Å². The number of esters is 1. The van der Waals surface area contributed by atoms with Crippen LogP contribution in [-0.2, 0) is 19.9 Å². The third-order valence-electron chi connectivity index (χ3n) is 6.86. The normalized spacial score (nSPS) is 29.9. The van der Waals surface area contributed by atoms with E-state index in [9.17, 15) is 14.7 Å². The van der Waals surface area contributed by atoms with Crippen LogP contribution in [0.4, 0.5) is 5.82 Å². The maximum Gasteiger partial charge on any atom is 0.344 e. The largest absolute Gasteiger partial charge is 0.454 e. The molecule has 2 N–H and O–H groups in total. The SMILES string of the molecule is O=C(C[N+]12CCC(CC1)[C@@H](OC(=O)C(O)(c1cccs1)C1CC1)C2)Nc1ccon1. The molecule has 160 valence electrons. The number of ether oxygens (including phenoxy) is 1. The lowest BCUT2D eigenvalue weighted by atomic mass is 9.83. The van der Waals surface area contributed by atoms with Gasteiger partial charge in [0.05, 0.1) is 13.1 Å². The molecule has 6 rings (SSSR count). The average Bonchev–Trinajstić information content (AvgIpc) is 3.21. The summed E-state index contributed by atoms with van der Waals surface area (Å²) in [6.45, 7) is 2.70. The first kappa shape index (κ1) is 19.7. The van der Waals surface area contributed by atoms with E-state index in [1.165, 1.54) is 17.6 Å². The van der Waals surface area contributed by atoms with Crippen LogP contribution in [0.3, 0.4) is 0 Å². The second-order valence-electron chi connectivity index (χ2n) is 8.86. The van der Waals surface area contributed by atoms with Crippen LogP contribution in [0, 0.1) is 11.8 Å².